The van der Waals surface area contributed by atoms with Gasteiger partial charge in [-0.1, -0.05) is 12.1 Å². The van der Waals surface area contributed by atoms with Crippen LogP contribution in [0.1, 0.15) is 12.5 Å². The highest BCUT2D eigenvalue weighted by Gasteiger charge is 2.12. The van der Waals surface area contributed by atoms with E-state index in [1.807, 2.05) is 35.0 Å². The molecule has 19 heavy (non-hydrogen) atoms. The van der Waals surface area contributed by atoms with Crippen LogP contribution >= 0.6 is 0 Å². The maximum atomic E-state index is 11.4. The van der Waals surface area contributed by atoms with E-state index in [9.17, 15) is 4.79 Å². The lowest BCUT2D eigenvalue weighted by Gasteiger charge is -2.13. The zero-order chi connectivity index (χ0) is 13.7. The fourth-order valence-electron chi connectivity index (χ4n) is 1.84. The zero-order valence-corrected chi connectivity index (χ0v) is 11.0. The molecule has 1 heterocycles. The van der Waals surface area contributed by atoms with Gasteiger partial charge in [0.2, 0.25) is 0 Å². The van der Waals surface area contributed by atoms with E-state index in [0.717, 1.165) is 17.8 Å². The van der Waals surface area contributed by atoms with Crippen molar-refractivity contribution in [2.24, 2.45) is 0 Å². The SMILES string of the molecule is COC(=O)C(C)Nc1cccc(Cn2ccnc2)c1. The van der Waals surface area contributed by atoms with Crippen molar-refractivity contribution in [1.82, 2.24) is 9.55 Å². The number of hydrogen-bond donors (Lipinski definition) is 1. The Bertz CT molecular complexity index is 537. The largest absolute Gasteiger partial charge is 0.467 e. The quantitative estimate of drug-likeness (QED) is 0.833. The topological polar surface area (TPSA) is 56.1 Å². The number of esters is 1. The summed E-state index contributed by atoms with van der Waals surface area (Å²) in [4.78, 5) is 15.4. The molecule has 0 saturated heterocycles. The molecule has 100 valence electrons. The fraction of sp³-hybridized carbons (Fsp3) is 0.286. The molecule has 0 amide bonds. The molecule has 1 unspecified atom stereocenters. The Hall–Kier alpha value is -2.30. The standard InChI is InChI=1S/C14H17N3O2/c1-11(14(18)19-2)16-13-5-3-4-12(8-13)9-17-7-6-15-10-17/h3-8,10-11,16H,9H2,1-2H3. The second-order valence-electron chi connectivity index (χ2n) is 4.32. The molecule has 0 aliphatic carbocycles. The molecule has 0 aliphatic heterocycles. The van der Waals surface area contributed by atoms with Crippen LogP contribution in [0.5, 0.6) is 0 Å². The van der Waals surface area contributed by atoms with Gasteiger partial charge < -0.3 is 14.6 Å². The second-order valence-corrected chi connectivity index (χ2v) is 4.32. The number of hydrogen-bond acceptors (Lipinski definition) is 4. The number of carbonyl (C=O) groups is 1. The predicted molar refractivity (Wildman–Crippen MR) is 72.9 cm³/mol. The molecule has 0 saturated carbocycles. The molecular weight excluding hydrogens is 242 g/mol. The molecule has 0 spiro atoms. The van der Waals surface area contributed by atoms with Crippen LogP contribution in [-0.2, 0) is 16.1 Å². The highest BCUT2D eigenvalue weighted by molar-refractivity contribution is 5.78. The summed E-state index contributed by atoms with van der Waals surface area (Å²) < 4.78 is 6.67. The number of nitrogens with one attached hydrogen (secondary N) is 1. The van der Waals surface area contributed by atoms with E-state index in [0.29, 0.717) is 0 Å². The Balaban J connectivity index is 2.04. The fourth-order valence-corrected chi connectivity index (χ4v) is 1.84. The second kappa shape index (κ2) is 6.04. The zero-order valence-electron chi connectivity index (χ0n) is 11.0. The van der Waals surface area contributed by atoms with E-state index in [1.165, 1.54) is 7.11 Å². The summed E-state index contributed by atoms with van der Waals surface area (Å²) in [5.74, 6) is -0.278. The molecule has 1 atom stereocenters. The summed E-state index contributed by atoms with van der Waals surface area (Å²) in [5.41, 5.74) is 2.04. The molecule has 5 nitrogen and oxygen atoms in total. The van der Waals surface area contributed by atoms with Crippen molar-refractivity contribution >= 4 is 11.7 Å². The van der Waals surface area contributed by atoms with Gasteiger partial charge in [-0.3, -0.25) is 0 Å². The number of benzene rings is 1. The maximum Gasteiger partial charge on any atom is 0.327 e. The molecule has 5 heteroatoms. The predicted octanol–water partition coefficient (Wildman–Crippen LogP) is 1.90. The van der Waals surface area contributed by atoms with Gasteiger partial charge in [0.25, 0.3) is 0 Å². The summed E-state index contributed by atoms with van der Waals surface area (Å²) in [5, 5.41) is 3.11. The monoisotopic (exact) mass is 259 g/mol. The van der Waals surface area contributed by atoms with Gasteiger partial charge in [-0.15, -0.1) is 0 Å². The normalized spacial score (nSPS) is 11.9. The number of aromatic nitrogens is 2. The number of methoxy groups -OCH3 is 1. The highest BCUT2D eigenvalue weighted by atomic mass is 16.5. The summed E-state index contributed by atoms with van der Waals surface area (Å²) in [6.45, 7) is 2.52. The average Bonchev–Trinajstić information content (AvgIpc) is 2.91. The van der Waals surface area contributed by atoms with E-state index in [4.69, 9.17) is 0 Å². The van der Waals surface area contributed by atoms with Gasteiger partial charge in [-0.25, -0.2) is 9.78 Å². The van der Waals surface area contributed by atoms with Crippen LogP contribution in [0.25, 0.3) is 0 Å². The molecule has 2 rings (SSSR count). The third kappa shape index (κ3) is 3.58. The number of imidazole rings is 1. The first-order chi connectivity index (χ1) is 9.19. The van der Waals surface area contributed by atoms with Gasteiger partial charge in [0, 0.05) is 24.6 Å². The summed E-state index contributed by atoms with van der Waals surface area (Å²) in [7, 11) is 1.38. The smallest absolute Gasteiger partial charge is 0.327 e. The lowest BCUT2D eigenvalue weighted by Crippen LogP contribution is -2.27. The van der Waals surface area contributed by atoms with Crippen molar-refractivity contribution in [2.75, 3.05) is 12.4 Å². The number of anilines is 1. The Morgan fingerprint density at radius 1 is 1.53 bits per heavy atom. The van der Waals surface area contributed by atoms with Gasteiger partial charge in [0.15, 0.2) is 0 Å². The lowest BCUT2D eigenvalue weighted by atomic mass is 10.2. The van der Waals surface area contributed by atoms with Gasteiger partial charge in [0.1, 0.15) is 6.04 Å². The highest BCUT2D eigenvalue weighted by Crippen LogP contribution is 2.13. The van der Waals surface area contributed by atoms with E-state index >= 15 is 0 Å². The van der Waals surface area contributed by atoms with Crippen molar-refractivity contribution in [1.29, 1.82) is 0 Å². The Morgan fingerprint density at radius 3 is 3.05 bits per heavy atom. The Labute approximate surface area is 112 Å². The van der Waals surface area contributed by atoms with E-state index in [-0.39, 0.29) is 12.0 Å². The van der Waals surface area contributed by atoms with Crippen LogP contribution in [0, 0.1) is 0 Å². The number of carbonyl (C=O) groups excluding carboxylic acids is 1. The first-order valence-corrected chi connectivity index (χ1v) is 6.08. The minimum Gasteiger partial charge on any atom is -0.467 e. The third-order valence-electron chi connectivity index (χ3n) is 2.79. The Morgan fingerprint density at radius 2 is 2.37 bits per heavy atom. The van der Waals surface area contributed by atoms with Crippen molar-refractivity contribution in [2.45, 2.75) is 19.5 Å². The summed E-state index contributed by atoms with van der Waals surface area (Å²) in [6, 6.07) is 7.57. The van der Waals surface area contributed by atoms with Gasteiger partial charge in [-0.2, -0.15) is 0 Å². The van der Waals surface area contributed by atoms with Crippen molar-refractivity contribution in [3.63, 3.8) is 0 Å². The van der Waals surface area contributed by atoms with Gasteiger partial charge >= 0.3 is 5.97 Å². The van der Waals surface area contributed by atoms with Gasteiger partial charge in [-0.05, 0) is 24.6 Å². The number of ether oxygens (including phenoxy) is 1. The molecule has 0 radical (unpaired) electrons. The van der Waals surface area contributed by atoms with Crippen molar-refractivity contribution in [3.05, 3.63) is 48.5 Å². The minimum absolute atomic E-state index is 0.278. The first kappa shape index (κ1) is 13.1. The van der Waals surface area contributed by atoms with Crippen LogP contribution < -0.4 is 5.32 Å². The van der Waals surface area contributed by atoms with Crippen molar-refractivity contribution < 1.29 is 9.53 Å². The van der Waals surface area contributed by atoms with Gasteiger partial charge in [0.05, 0.1) is 13.4 Å². The molecular formula is C14H17N3O2. The maximum absolute atomic E-state index is 11.4. The molecule has 2 aromatic rings. The van der Waals surface area contributed by atoms with Crippen LogP contribution in [-0.4, -0.2) is 28.7 Å². The molecule has 0 bridgehead atoms. The molecule has 1 N–H and O–H groups in total. The van der Waals surface area contributed by atoms with E-state index in [1.54, 1.807) is 19.4 Å². The average molecular weight is 259 g/mol. The first-order valence-electron chi connectivity index (χ1n) is 6.08. The lowest BCUT2D eigenvalue weighted by molar-refractivity contribution is -0.141. The number of nitrogens with zero attached hydrogens (tertiary/aromatic N) is 2. The molecule has 0 aliphatic rings. The number of rotatable bonds is 5. The van der Waals surface area contributed by atoms with E-state index in [2.05, 4.69) is 15.0 Å². The van der Waals surface area contributed by atoms with E-state index < -0.39 is 0 Å². The van der Waals surface area contributed by atoms with Crippen LogP contribution in [0.15, 0.2) is 43.0 Å². The minimum atomic E-state index is -0.367. The van der Waals surface area contributed by atoms with Crippen LogP contribution in [0.3, 0.4) is 0 Å². The van der Waals surface area contributed by atoms with Crippen molar-refractivity contribution in [3.8, 4) is 0 Å². The van der Waals surface area contributed by atoms with Crippen LogP contribution in [0.4, 0.5) is 5.69 Å². The van der Waals surface area contributed by atoms with Crippen LogP contribution in [0.2, 0.25) is 0 Å². The molecule has 0 fully saturated rings. The molecule has 1 aromatic heterocycles. The summed E-state index contributed by atoms with van der Waals surface area (Å²) in [6.07, 6.45) is 5.44. The Kier molecular flexibility index (Phi) is 4.18. The molecule has 1 aromatic carbocycles. The third-order valence-corrected chi connectivity index (χ3v) is 2.79. The summed E-state index contributed by atoms with van der Waals surface area (Å²) >= 11 is 0.